The summed E-state index contributed by atoms with van der Waals surface area (Å²) in [6, 6.07) is 4.95. The number of hydrogen-bond donors (Lipinski definition) is 1. The molecule has 1 N–H and O–H groups in total. The van der Waals surface area contributed by atoms with Gasteiger partial charge in [-0.1, -0.05) is 26.8 Å². The van der Waals surface area contributed by atoms with Crippen molar-refractivity contribution in [2.75, 3.05) is 13.7 Å². The SMILES string of the molecule is COc1ccc(CC(CO)C(C)(C)C)cc1F. The van der Waals surface area contributed by atoms with E-state index in [0.717, 1.165) is 5.56 Å². The second-order valence-electron chi connectivity index (χ2n) is 5.42. The van der Waals surface area contributed by atoms with E-state index in [0.29, 0.717) is 6.42 Å². The summed E-state index contributed by atoms with van der Waals surface area (Å²) in [7, 11) is 1.45. The van der Waals surface area contributed by atoms with E-state index in [4.69, 9.17) is 4.74 Å². The molecule has 2 nitrogen and oxygen atoms in total. The molecular weight excluding hydrogens is 219 g/mol. The van der Waals surface area contributed by atoms with Crippen LogP contribution in [0.15, 0.2) is 18.2 Å². The van der Waals surface area contributed by atoms with Gasteiger partial charge in [0.15, 0.2) is 11.6 Å². The van der Waals surface area contributed by atoms with Gasteiger partial charge in [0.05, 0.1) is 7.11 Å². The van der Waals surface area contributed by atoms with Crippen molar-refractivity contribution in [3.8, 4) is 5.75 Å². The molecule has 0 radical (unpaired) electrons. The Morgan fingerprint density at radius 3 is 2.41 bits per heavy atom. The monoisotopic (exact) mass is 240 g/mol. The summed E-state index contributed by atoms with van der Waals surface area (Å²) in [5.74, 6) is 0.0240. The predicted octanol–water partition coefficient (Wildman–Crippen LogP) is 3.03. The molecule has 0 aliphatic heterocycles. The summed E-state index contributed by atoms with van der Waals surface area (Å²) in [4.78, 5) is 0. The zero-order valence-corrected chi connectivity index (χ0v) is 11.0. The molecule has 1 unspecified atom stereocenters. The Morgan fingerprint density at radius 2 is 2.00 bits per heavy atom. The lowest BCUT2D eigenvalue weighted by molar-refractivity contribution is 0.131. The summed E-state index contributed by atoms with van der Waals surface area (Å²) in [6.45, 7) is 6.34. The first-order valence-electron chi connectivity index (χ1n) is 5.81. The average molecular weight is 240 g/mol. The van der Waals surface area contributed by atoms with Gasteiger partial charge in [0, 0.05) is 6.61 Å². The molecule has 0 aromatic heterocycles. The van der Waals surface area contributed by atoms with Gasteiger partial charge in [-0.2, -0.15) is 0 Å². The van der Waals surface area contributed by atoms with Crippen LogP contribution in [-0.2, 0) is 6.42 Å². The van der Waals surface area contributed by atoms with Gasteiger partial charge in [0.25, 0.3) is 0 Å². The largest absolute Gasteiger partial charge is 0.494 e. The van der Waals surface area contributed by atoms with Crippen LogP contribution in [0.5, 0.6) is 5.75 Å². The number of ether oxygens (including phenoxy) is 1. The lowest BCUT2D eigenvalue weighted by Crippen LogP contribution is -2.26. The van der Waals surface area contributed by atoms with Crippen LogP contribution in [0.25, 0.3) is 0 Å². The van der Waals surface area contributed by atoms with E-state index in [1.165, 1.54) is 13.2 Å². The van der Waals surface area contributed by atoms with Crippen molar-refractivity contribution >= 4 is 0 Å². The molecule has 0 bridgehead atoms. The normalized spacial score (nSPS) is 13.5. The van der Waals surface area contributed by atoms with Crippen molar-refractivity contribution in [1.82, 2.24) is 0 Å². The summed E-state index contributed by atoms with van der Waals surface area (Å²) < 4.78 is 18.4. The van der Waals surface area contributed by atoms with Gasteiger partial charge in [0.2, 0.25) is 0 Å². The zero-order chi connectivity index (χ0) is 13.1. The molecule has 0 aliphatic carbocycles. The van der Waals surface area contributed by atoms with Crippen molar-refractivity contribution in [2.24, 2.45) is 11.3 Å². The minimum absolute atomic E-state index is 0.00511. The van der Waals surface area contributed by atoms with Gasteiger partial charge in [-0.15, -0.1) is 0 Å². The van der Waals surface area contributed by atoms with Gasteiger partial charge in [-0.3, -0.25) is 0 Å². The Kier molecular flexibility index (Phi) is 4.52. The van der Waals surface area contributed by atoms with E-state index >= 15 is 0 Å². The maximum Gasteiger partial charge on any atom is 0.165 e. The maximum absolute atomic E-state index is 13.5. The highest BCUT2D eigenvalue weighted by Crippen LogP contribution is 2.29. The Morgan fingerprint density at radius 1 is 1.35 bits per heavy atom. The lowest BCUT2D eigenvalue weighted by Gasteiger charge is -2.29. The number of methoxy groups -OCH3 is 1. The van der Waals surface area contributed by atoms with Crippen LogP contribution in [0.3, 0.4) is 0 Å². The van der Waals surface area contributed by atoms with Crippen LogP contribution in [0.4, 0.5) is 4.39 Å². The number of halogens is 1. The third-order valence-corrected chi connectivity index (χ3v) is 3.14. The van der Waals surface area contributed by atoms with Crippen LogP contribution >= 0.6 is 0 Å². The van der Waals surface area contributed by atoms with Crippen LogP contribution in [0.2, 0.25) is 0 Å². The summed E-state index contributed by atoms with van der Waals surface area (Å²) in [5.41, 5.74) is 0.891. The van der Waals surface area contributed by atoms with Crippen LogP contribution in [0.1, 0.15) is 26.3 Å². The van der Waals surface area contributed by atoms with E-state index in [-0.39, 0.29) is 29.5 Å². The van der Waals surface area contributed by atoms with Gasteiger partial charge < -0.3 is 9.84 Å². The molecule has 1 rings (SSSR count). The first kappa shape index (κ1) is 14.0. The second kappa shape index (κ2) is 5.50. The summed E-state index contributed by atoms with van der Waals surface area (Å²) >= 11 is 0. The van der Waals surface area contributed by atoms with Crippen LogP contribution < -0.4 is 4.74 Å². The molecule has 0 amide bonds. The molecule has 3 heteroatoms. The van der Waals surface area contributed by atoms with Crippen LogP contribution in [0, 0.1) is 17.2 Å². The molecule has 17 heavy (non-hydrogen) atoms. The second-order valence-corrected chi connectivity index (χ2v) is 5.42. The molecular formula is C14H21FO2. The molecule has 0 saturated heterocycles. The molecule has 96 valence electrons. The van der Waals surface area contributed by atoms with E-state index in [2.05, 4.69) is 20.8 Å². The standard InChI is InChI=1S/C14H21FO2/c1-14(2,3)11(9-16)7-10-5-6-13(17-4)12(15)8-10/h5-6,8,11,16H,7,9H2,1-4H3. The van der Waals surface area contributed by atoms with Crippen molar-refractivity contribution < 1.29 is 14.2 Å². The van der Waals surface area contributed by atoms with Gasteiger partial charge in [0.1, 0.15) is 0 Å². The van der Waals surface area contributed by atoms with Gasteiger partial charge >= 0.3 is 0 Å². The fraction of sp³-hybridized carbons (Fsp3) is 0.571. The zero-order valence-electron chi connectivity index (χ0n) is 11.0. The molecule has 1 aromatic carbocycles. The highest BCUT2D eigenvalue weighted by molar-refractivity contribution is 5.29. The molecule has 0 saturated carbocycles. The van der Waals surface area contributed by atoms with Crippen molar-refractivity contribution in [2.45, 2.75) is 27.2 Å². The summed E-state index contributed by atoms with van der Waals surface area (Å²) in [5, 5.41) is 9.37. The Labute approximate surface area is 102 Å². The van der Waals surface area contributed by atoms with Crippen LogP contribution in [-0.4, -0.2) is 18.8 Å². The minimum atomic E-state index is -0.351. The molecule has 0 aliphatic rings. The quantitative estimate of drug-likeness (QED) is 0.876. The fourth-order valence-electron chi connectivity index (χ4n) is 1.77. The smallest absolute Gasteiger partial charge is 0.165 e. The number of rotatable bonds is 4. The number of aliphatic hydroxyl groups excluding tert-OH is 1. The van der Waals surface area contributed by atoms with Crippen molar-refractivity contribution in [3.05, 3.63) is 29.6 Å². The molecule has 0 fully saturated rings. The molecule has 0 heterocycles. The Balaban J connectivity index is 2.84. The topological polar surface area (TPSA) is 29.5 Å². The molecule has 0 spiro atoms. The number of hydrogen-bond acceptors (Lipinski definition) is 2. The lowest BCUT2D eigenvalue weighted by atomic mass is 9.78. The number of aliphatic hydroxyl groups is 1. The third-order valence-electron chi connectivity index (χ3n) is 3.14. The third kappa shape index (κ3) is 3.70. The average Bonchev–Trinajstić information content (AvgIpc) is 2.24. The maximum atomic E-state index is 13.5. The van der Waals surface area contributed by atoms with Gasteiger partial charge in [-0.05, 0) is 35.4 Å². The van der Waals surface area contributed by atoms with Gasteiger partial charge in [-0.25, -0.2) is 4.39 Å². The van der Waals surface area contributed by atoms with E-state index in [9.17, 15) is 9.50 Å². The van der Waals surface area contributed by atoms with Crippen molar-refractivity contribution in [1.29, 1.82) is 0 Å². The Bertz CT molecular complexity index is 369. The predicted molar refractivity (Wildman–Crippen MR) is 66.7 cm³/mol. The first-order chi connectivity index (χ1) is 7.88. The number of benzene rings is 1. The summed E-state index contributed by atoms with van der Waals surface area (Å²) in [6.07, 6.45) is 0.668. The van der Waals surface area contributed by atoms with E-state index in [1.807, 2.05) is 6.07 Å². The highest BCUT2D eigenvalue weighted by atomic mass is 19.1. The van der Waals surface area contributed by atoms with E-state index < -0.39 is 0 Å². The molecule has 1 atom stereocenters. The Hall–Kier alpha value is -1.09. The van der Waals surface area contributed by atoms with E-state index in [1.54, 1.807) is 6.07 Å². The highest BCUT2D eigenvalue weighted by Gasteiger charge is 2.24. The molecule has 1 aromatic rings. The minimum Gasteiger partial charge on any atom is -0.494 e. The van der Waals surface area contributed by atoms with Crippen molar-refractivity contribution in [3.63, 3.8) is 0 Å². The fourth-order valence-corrected chi connectivity index (χ4v) is 1.77. The first-order valence-corrected chi connectivity index (χ1v) is 5.81.